The smallest absolute Gasteiger partial charge is 0.237 e. The lowest BCUT2D eigenvalue weighted by Gasteiger charge is -2.29. The van der Waals surface area contributed by atoms with E-state index < -0.39 is 10.0 Å². The molecule has 0 aliphatic carbocycles. The number of nitrogens with zero attached hydrogens (tertiary/aromatic N) is 1. The van der Waals surface area contributed by atoms with E-state index in [1.807, 2.05) is 18.2 Å². The van der Waals surface area contributed by atoms with Crippen molar-refractivity contribution in [3.8, 4) is 11.1 Å². The second-order valence-corrected chi connectivity index (χ2v) is 8.23. The lowest BCUT2D eigenvalue weighted by atomic mass is 9.94. The van der Waals surface area contributed by atoms with Crippen molar-refractivity contribution < 1.29 is 13.2 Å². The molecule has 1 aliphatic heterocycles. The highest BCUT2D eigenvalue weighted by molar-refractivity contribution is 7.89. The topological polar surface area (TPSA) is 66.5 Å². The van der Waals surface area contributed by atoms with Crippen molar-refractivity contribution in [3.05, 3.63) is 59.7 Å². The van der Waals surface area contributed by atoms with Crippen LogP contribution in [0.25, 0.3) is 11.1 Å². The van der Waals surface area contributed by atoms with Gasteiger partial charge in [0.25, 0.3) is 0 Å². The molecule has 132 valence electrons. The lowest BCUT2D eigenvalue weighted by molar-refractivity contribution is -0.130. The number of carbonyl (C=O) groups excluding carboxylic acids is 1. The van der Waals surface area contributed by atoms with Crippen LogP contribution in [0.1, 0.15) is 18.1 Å². The van der Waals surface area contributed by atoms with Crippen LogP contribution in [0.3, 0.4) is 0 Å². The molecule has 0 aromatic heterocycles. The number of hydrogen-bond donors (Lipinski definition) is 1. The number of fused-ring (bicyclic) bond motifs is 1. The molecule has 25 heavy (non-hydrogen) atoms. The molecule has 1 N–H and O–H groups in total. The van der Waals surface area contributed by atoms with E-state index >= 15 is 0 Å². The minimum atomic E-state index is -3.35. The number of rotatable bonds is 5. The number of carbonyl (C=O) groups is 1. The van der Waals surface area contributed by atoms with Crippen LogP contribution in [0.15, 0.2) is 48.5 Å². The molecule has 5 nitrogen and oxygen atoms in total. The molecule has 0 radical (unpaired) electrons. The van der Waals surface area contributed by atoms with E-state index in [9.17, 15) is 13.2 Å². The van der Waals surface area contributed by atoms with Gasteiger partial charge in [-0.05, 0) is 41.7 Å². The van der Waals surface area contributed by atoms with Crippen molar-refractivity contribution in [1.82, 2.24) is 9.62 Å². The van der Waals surface area contributed by atoms with Gasteiger partial charge in [-0.1, -0.05) is 42.5 Å². The van der Waals surface area contributed by atoms with E-state index in [1.54, 1.807) is 11.8 Å². The molecule has 0 bridgehead atoms. The number of hydrogen-bond acceptors (Lipinski definition) is 3. The van der Waals surface area contributed by atoms with Gasteiger partial charge in [-0.2, -0.15) is 0 Å². The second kappa shape index (κ2) is 7.37. The van der Waals surface area contributed by atoms with Crippen molar-refractivity contribution in [2.75, 3.05) is 18.8 Å². The van der Waals surface area contributed by atoms with Gasteiger partial charge in [-0.25, -0.2) is 13.1 Å². The van der Waals surface area contributed by atoms with Crippen molar-refractivity contribution in [3.63, 3.8) is 0 Å². The molecule has 0 saturated carbocycles. The van der Waals surface area contributed by atoms with Crippen molar-refractivity contribution >= 4 is 15.9 Å². The van der Waals surface area contributed by atoms with E-state index in [0.717, 1.165) is 23.1 Å². The summed E-state index contributed by atoms with van der Waals surface area (Å²) in [4.78, 5) is 14.0. The van der Waals surface area contributed by atoms with Crippen LogP contribution in [-0.2, 0) is 27.8 Å². The Balaban J connectivity index is 1.73. The van der Waals surface area contributed by atoms with Crippen molar-refractivity contribution in [2.24, 2.45) is 0 Å². The molecule has 0 saturated heterocycles. The van der Waals surface area contributed by atoms with Crippen LogP contribution >= 0.6 is 0 Å². The van der Waals surface area contributed by atoms with Gasteiger partial charge in [0, 0.05) is 13.1 Å². The second-order valence-electron chi connectivity index (χ2n) is 6.14. The third-order valence-corrected chi connectivity index (χ3v) is 5.85. The first-order valence-electron chi connectivity index (χ1n) is 8.41. The average Bonchev–Trinajstić information content (AvgIpc) is 2.66. The van der Waals surface area contributed by atoms with Crippen LogP contribution in [-0.4, -0.2) is 38.1 Å². The van der Waals surface area contributed by atoms with Gasteiger partial charge in [0.1, 0.15) is 0 Å². The van der Waals surface area contributed by atoms with Gasteiger partial charge >= 0.3 is 0 Å². The zero-order chi connectivity index (χ0) is 17.9. The van der Waals surface area contributed by atoms with E-state index in [4.69, 9.17) is 0 Å². The maximum Gasteiger partial charge on any atom is 0.237 e. The number of benzene rings is 2. The molecular weight excluding hydrogens is 336 g/mol. The summed E-state index contributed by atoms with van der Waals surface area (Å²) in [5.41, 5.74) is 4.64. The highest BCUT2D eigenvalue weighted by Crippen LogP contribution is 2.26. The first-order chi connectivity index (χ1) is 12.0. The van der Waals surface area contributed by atoms with E-state index in [1.165, 1.54) is 5.56 Å². The van der Waals surface area contributed by atoms with Gasteiger partial charge in [-0.15, -0.1) is 0 Å². The summed E-state index contributed by atoms with van der Waals surface area (Å²) in [5.74, 6) is -0.211. The molecule has 1 amide bonds. The number of amides is 1. The summed E-state index contributed by atoms with van der Waals surface area (Å²) in [6.07, 6.45) is 0.788. The van der Waals surface area contributed by atoms with Gasteiger partial charge in [0.2, 0.25) is 15.9 Å². The van der Waals surface area contributed by atoms with Crippen LogP contribution in [0, 0.1) is 0 Å². The Kier molecular flexibility index (Phi) is 5.20. The van der Waals surface area contributed by atoms with Crippen LogP contribution < -0.4 is 4.72 Å². The molecule has 6 heteroatoms. The fourth-order valence-corrected chi connectivity index (χ4v) is 3.51. The predicted molar refractivity (Wildman–Crippen MR) is 98.5 cm³/mol. The molecular formula is C19H22N2O3S. The molecule has 1 heterocycles. The molecule has 0 atom stereocenters. The van der Waals surface area contributed by atoms with Crippen molar-refractivity contribution in [1.29, 1.82) is 0 Å². The van der Waals surface area contributed by atoms with Gasteiger partial charge in [0.15, 0.2) is 0 Å². The Hall–Kier alpha value is -2.18. The Morgan fingerprint density at radius 1 is 1.08 bits per heavy atom. The Morgan fingerprint density at radius 2 is 1.84 bits per heavy atom. The summed E-state index contributed by atoms with van der Waals surface area (Å²) in [6.45, 7) is 2.51. The van der Waals surface area contributed by atoms with Crippen LogP contribution in [0.2, 0.25) is 0 Å². The van der Waals surface area contributed by atoms with Crippen molar-refractivity contribution in [2.45, 2.75) is 19.9 Å². The third-order valence-electron chi connectivity index (χ3n) is 4.50. The summed E-state index contributed by atoms with van der Waals surface area (Å²) in [7, 11) is -3.35. The summed E-state index contributed by atoms with van der Waals surface area (Å²) < 4.78 is 25.4. The summed E-state index contributed by atoms with van der Waals surface area (Å²) in [5, 5.41) is 0. The average molecular weight is 358 g/mol. The zero-order valence-electron chi connectivity index (χ0n) is 14.2. The highest BCUT2D eigenvalue weighted by Gasteiger charge is 2.22. The quantitative estimate of drug-likeness (QED) is 0.891. The first kappa shape index (κ1) is 17.6. The SMILES string of the molecule is CCS(=O)(=O)NCC(=O)N1CCc2ccc(-c3ccccc3)cc2C1. The Labute approximate surface area is 148 Å². The molecule has 0 unspecified atom stereocenters. The predicted octanol–water partition coefficient (Wildman–Crippen LogP) is 2.18. The molecule has 3 rings (SSSR count). The lowest BCUT2D eigenvalue weighted by Crippen LogP contribution is -2.42. The molecule has 2 aromatic rings. The summed E-state index contributed by atoms with van der Waals surface area (Å²) >= 11 is 0. The Bertz CT molecular complexity index is 863. The normalized spacial score (nSPS) is 14.2. The maximum atomic E-state index is 12.3. The highest BCUT2D eigenvalue weighted by atomic mass is 32.2. The minimum Gasteiger partial charge on any atom is -0.337 e. The van der Waals surface area contributed by atoms with Crippen LogP contribution in [0.5, 0.6) is 0 Å². The monoisotopic (exact) mass is 358 g/mol. The molecule has 0 spiro atoms. The molecule has 0 fully saturated rings. The molecule has 2 aromatic carbocycles. The largest absolute Gasteiger partial charge is 0.337 e. The first-order valence-corrected chi connectivity index (χ1v) is 10.1. The van der Waals surface area contributed by atoms with Gasteiger partial charge in [-0.3, -0.25) is 4.79 Å². The standard InChI is InChI=1S/C19H22N2O3S/c1-2-25(23,24)20-13-19(22)21-11-10-16-8-9-17(12-18(16)14-21)15-6-4-3-5-7-15/h3-9,12,20H,2,10-11,13-14H2,1H3. The fourth-order valence-electron chi connectivity index (χ4n) is 2.97. The maximum absolute atomic E-state index is 12.3. The minimum absolute atomic E-state index is 0.0243. The zero-order valence-corrected chi connectivity index (χ0v) is 15.1. The van der Waals surface area contributed by atoms with Gasteiger partial charge in [0.05, 0.1) is 12.3 Å². The van der Waals surface area contributed by atoms with E-state index in [2.05, 4.69) is 35.1 Å². The van der Waals surface area contributed by atoms with E-state index in [-0.39, 0.29) is 18.2 Å². The Morgan fingerprint density at radius 3 is 2.56 bits per heavy atom. The van der Waals surface area contributed by atoms with Gasteiger partial charge < -0.3 is 4.90 Å². The summed E-state index contributed by atoms with van der Waals surface area (Å²) in [6, 6.07) is 16.5. The number of sulfonamides is 1. The van der Waals surface area contributed by atoms with Crippen LogP contribution in [0.4, 0.5) is 0 Å². The number of nitrogens with one attached hydrogen (secondary N) is 1. The molecule has 1 aliphatic rings. The fraction of sp³-hybridized carbons (Fsp3) is 0.316. The van der Waals surface area contributed by atoms with E-state index in [0.29, 0.717) is 13.1 Å². The third kappa shape index (κ3) is 4.27.